The molecule has 0 fully saturated rings. The molecule has 0 aliphatic carbocycles. The van der Waals surface area contributed by atoms with Crippen LogP contribution in [0.4, 0.5) is 0 Å². The molecule has 2 N–H and O–H groups in total. The van der Waals surface area contributed by atoms with Crippen molar-refractivity contribution < 1.29 is 19.9 Å². The van der Waals surface area contributed by atoms with Crippen LogP contribution in [0.25, 0.3) is 0 Å². The molecule has 0 aromatic heterocycles. The first-order chi connectivity index (χ1) is 5.49. The molecule has 0 saturated heterocycles. The summed E-state index contributed by atoms with van der Waals surface area (Å²) in [6, 6.07) is 0. The number of rotatable bonds is 1. The van der Waals surface area contributed by atoms with E-state index in [1.165, 1.54) is 13.8 Å². The van der Waals surface area contributed by atoms with Gasteiger partial charge in [-0.1, -0.05) is 10.3 Å². The molecule has 0 aromatic rings. The topological polar surface area (TPSA) is 91.5 Å². The Kier molecular flexibility index (Phi) is 1.85. The van der Waals surface area contributed by atoms with Gasteiger partial charge in [-0.25, -0.2) is 0 Å². The van der Waals surface area contributed by atoms with Crippen LogP contribution in [0.3, 0.4) is 0 Å². The van der Waals surface area contributed by atoms with Gasteiger partial charge in [0.05, 0.1) is 0 Å². The Morgan fingerprint density at radius 1 is 1.75 bits per heavy atom. The smallest absolute Gasteiger partial charge is 0.280 e. The largest absolute Gasteiger partial charge is 0.410 e. The number of carbonyl (C=O) groups is 1. The van der Waals surface area contributed by atoms with Gasteiger partial charge < -0.3 is 15.2 Å². The summed E-state index contributed by atoms with van der Waals surface area (Å²) in [4.78, 5) is 15.2. The van der Waals surface area contributed by atoms with E-state index in [-0.39, 0.29) is 11.4 Å². The molecule has 1 heterocycles. The summed E-state index contributed by atoms with van der Waals surface area (Å²) in [6.45, 7) is 2.45. The van der Waals surface area contributed by atoms with Crippen molar-refractivity contribution in [3.63, 3.8) is 0 Å². The molecule has 1 rings (SSSR count). The molecule has 12 heavy (non-hydrogen) atoms. The van der Waals surface area contributed by atoms with E-state index < -0.39 is 11.6 Å². The lowest BCUT2D eigenvalue weighted by Gasteiger charge is -2.12. The van der Waals surface area contributed by atoms with Crippen LogP contribution in [0, 0.1) is 0 Å². The first-order valence-corrected chi connectivity index (χ1v) is 3.21. The van der Waals surface area contributed by atoms with Crippen LogP contribution in [-0.2, 0) is 9.63 Å². The van der Waals surface area contributed by atoms with Crippen LogP contribution in [0.2, 0.25) is 0 Å². The monoisotopic (exact) mass is 172 g/mol. The standard InChI is InChI=1S/C6H8N2O4/c1-3(9)4-5(7-11)6(2,10)12-8-4/h10-11H,1-2H3/b7-5-. The summed E-state index contributed by atoms with van der Waals surface area (Å²) >= 11 is 0. The van der Waals surface area contributed by atoms with E-state index in [9.17, 15) is 9.90 Å². The molecule has 0 saturated carbocycles. The van der Waals surface area contributed by atoms with Crippen molar-refractivity contribution in [3.8, 4) is 0 Å². The summed E-state index contributed by atoms with van der Waals surface area (Å²) in [5.74, 6) is -2.24. The second-order valence-electron chi connectivity index (χ2n) is 2.52. The van der Waals surface area contributed by atoms with Crippen molar-refractivity contribution >= 4 is 17.2 Å². The van der Waals surface area contributed by atoms with Crippen molar-refractivity contribution in [2.45, 2.75) is 19.6 Å². The molecule has 0 amide bonds. The van der Waals surface area contributed by atoms with Crippen LogP contribution >= 0.6 is 0 Å². The predicted octanol–water partition coefficient (Wildman–Crippen LogP) is -0.500. The van der Waals surface area contributed by atoms with Crippen LogP contribution in [0.5, 0.6) is 0 Å². The minimum Gasteiger partial charge on any atom is -0.410 e. The summed E-state index contributed by atoms with van der Waals surface area (Å²) in [5, 5.41) is 23.7. The third-order valence-electron chi connectivity index (χ3n) is 1.41. The molecule has 1 aliphatic rings. The Labute approximate surface area is 68.1 Å². The average molecular weight is 172 g/mol. The Bertz CT molecular complexity index is 279. The lowest BCUT2D eigenvalue weighted by Crippen LogP contribution is -2.38. The van der Waals surface area contributed by atoms with E-state index in [1.807, 2.05) is 0 Å². The van der Waals surface area contributed by atoms with Gasteiger partial charge in [-0.2, -0.15) is 0 Å². The summed E-state index contributed by atoms with van der Waals surface area (Å²) in [6.07, 6.45) is 0. The van der Waals surface area contributed by atoms with Gasteiger partial charge in [-0.3, -0.25) is 4.79 Å². The van der Waals surface area contributed by atoms with Gasteiger partial charge in [0.1, 0.15) is 0 Å². The highest BCUT2D eigenvalue weighted by atomic mass is 16.7. The highest BCUT2D eigenvalue weighted by molar-refractivity contribution is 6.68. The fraction of sp³-hybridized carbons (Fsp3) is 0.500. The van der Waals surface area contributed by atoms with Gasteiger partial charge >= 0.3 is 0 Å². The molecule has 1 aliphatic heterocycles. The summed E-state index contributed by atoms with van der Waals surface area (Å²) in [7, 11) is 0. The first kappa shape index (κ1) is 8.66. The number of nitrogens with zero attached hydrogens (tertiary/aromatic N) is 2. The Morgan fingerprint density at radius 3 is 2.67 bits per heavy atom. The second kappa shape index (κ2) is 2.56. The van der Waals surface area contributed by atoms with E-state index in [1.54, 1.807) is 0 Å². The lowest BCUT2D eigenvalue weighted by molar-refractivity contribution is -0.127. The van der Waals surface area contributed by atoms with Crippen molar-refractivity contribution in [1.82, 2.24) is 0 Å². The maximum absolute atomic E-state index is 10.8. The highest BCUT2D eigenvalue weighted by Crippen LogP contribution is 2.17. The van der Waals surface area contributed by atoms with Gasteiger partial charge in [0.15, 0.2) is 17.2 Å². The number of Topliss-reactive ketones (excluding diaryl/α,β-unsaturated/α-hetero) is 1. The van der Waals surface area contributed by atoms with Gasteiger partial charge in [0, 0.05) is 13.8 Å². The fourth-order valence-electron chi connectivity index (χ4n) is 0.812. The van der Waals surface area contributed by atoms with Gasteiger partial charge in [0.2, 0.25) is 0 Å². The second-order valence-corrected chi connectivity index (χ2v) is 2.52. The molecule has 0 spiro atoms. The van der Waals surface area contributed by atoms with Crippen LogP contribution < -0.4 is 0 Å². The van der Waals surface area contributed by atoms with Gasteiger partial charge in [0.25, 0.3) is 5.79 Å². The Balaban J connectivity index is 3.04. The summed E-state index contributed by atoms with van der Waals surface area (Å²) < 4.78 is 0. The van der Waals surface area contributed by atoms with E-state index >= 15 is 0 Å². The number of aliphatic hydroxyl groups is 1. The maximum Gasteiger partial charge on any atom is 0.280 e. The molecule has 6 heteroatoms. The SMILES string of the molecule is CC(=O)C1=NOC(C)(O)/C1=N\O. The molecule has 0 aromatic carbocycles. The normalized spacial score (nSPS) is 31.6. The molecule has 0 radical (unpaired) electrons. The predicted molar refractivity (Wildman–Crippen MR) is 39.0 cm³/mol. The molecule has 6 nitrogen and oxygen atoms in total. The number of hydrogen-bond donors (Lipinski definition) is 2. The number of ketones is 1. The van der Waals surface area contributed by atoms with Crippen molar-refractivity contribution in [2.24, 2.45) is 10.3 Å². The fourth-order valence-corrected chi connectivity index (χ4v) is 0.812. The zero-order valence-electron chi connectivity index (χ0n) is 6.61. The quantitative estimate of drug-likeness (QED) is 0.412. The molecular weight excluding hydrogens is 164 g/mol. The van der Waals surface area contributed by atoms with Crippen LogP contribution in [0.1, 0.15) is 13.8 Å². The molecular formula is C6H8N2O4. The molecule has 66 valence electrons. The minimum absolute atomic E-state index is 0.164. The first-order valence-electron chi connectivity index (χ1n) is 3.21. The van der Waals surface area contributed by atoms with Gasteiger partial charge in [-0.05, 0) is 0 Å². The van der Waals surface area contributed by atoms with E-state index in [2.05, 4.69) is 15.1 Å². The Hall–Kier alpha value is -1.43. The maximum atomic E-state index is 10.8. The third-order valence-corrected chi connectivity index (χ3v) is 1.41. The van der Waals surface area contributed by atoms with Crippen LogP contribution in [0.15, 0.2) is 10.3 Å². The van der Waals surface area contributed by atoms with E-state index in [0.29, 0.717) is 0 Å². The lowest BCUT2D eigenvalue weighted by atomic mass is 10.1. The van der Waals surface area contributed by atoms with Gasteiger partial charge in [-0.15, -0.1) is 0 Å². The minimum atomic E-state index is -1.81. The van der Waals surface area contributed by atoms with Crippen LogP contribution in [-0.4, -0.2) is 33.3 Å². The zero-order valence-corrected chi connectivity index (χ0v) is 6.61. The van der Waals surface area contributed by atoms with Crippen molar-refractivity contribution in [2.75, 3.05) is 0 Å². The molecule has 1 atom stereocenters. The van der Waals surface area contributed by atoms with E-state index in [4.69, 9.17) is 5.21 Å². The van der Waals surface area contributed by atoms with Crippen molar-refractivity contribution in [1.29, 1.82) is 0 Å². The number of hydrogen-bond acceptors (Lipinski definition) is 6. The third kappa shape index (κ3) is 1.16. The Morgan fingerprint density at radius 2 is 2.33 bits per heavy atom. The number of oxime groups is 2. The van der Waals surface area contributed by atoms with E-state index in [0.717, 1.165) is 0 Å². The highest BCUT2D eigenvalue weighted by Gasteiger charge is 2.42. The summed E-state index contributed by atoms with van der Waals surface area (Å²) in [5.41, 5.74) is -0.433. The molecule has 0 bridgehead atoms. The average Bonchev–Trinajstić information content (AvgIpc) is 2.24. The number of carbonyl (C=O) groups excluding carboxylic acids is 1. The zero-order chi connectivity index (χ0) is 9.35. The van der Waals surface area contributed by atoms with Crippen molar-refractivity contribution in [3.05, 3.63) is 0 Å². The molecule has 1 unspecified atom stereocenters.